The summed E-state index contributed by atoms with van der Waals surface area (Å²) in [7, 11) is 0. The summed E-state index contributed by atoms with van der Waals surface area (Å²) in [6, 6.07) is 16.6. The molecule has 2 atom stereocenters. The molecule has 2 amide bonds. The van der Waals surface area contributed by atoms with Crippen LogP contribution in [0.3, 0.4) is 0 Å². The van der Waals surface area contributed by atoms with Crippen molar-refractivity contribution >= 4 is 35.2 Å². The lowest BCUT2D eigenvalue weighted by Gasteiger charge is -2.29. The number of hydrogen-bond donors (Lipinski definition) is 1. The van der Waals surface area contributed by atoms with Gasteiger partial charge in [-0.2, -0.15) is 0 Å². The standard InChI is InChI=1S/C22H27ClN2O2S/c1-4-16(2)24-22(27)17(3)25(14-18-9-8-10-19(23)13-18)21(26)15-28-20-11-6-5-7-12-20/h5-13,16-17H,4,14-15H2,1-3H3,(H,24,27)/t16-,17-/m1/s1. The molecule has 1 N–H and O–H groups in total. The third-order valence-electron chi connectivity index (χ3n) is 4.52. The fourth-order valence-corrected chi connectivity index (χ4v) is 3.64. The number of thioether (sulfide) groups is 1. The minimum Gasteiger partial charge on any atom is -0.352 e. The number of carbonyl (C=O) groups is 2. The first-order valence-electron chi connectivity index (χ1n) is 9.42. The van der Waals surface area contributed by atoms with Gasteiger partial charge < -0.3 is 10.2 Å². The van der Waals surface area contributed by atoms with Gasteiger partial charge in [-0.3, -0.25) is 9.59 Å². The zero-order valence-corrected chi connectivity index (χ0v) is 18.1. The van der Waals surface area contributed by atoms with Gasteiger partial charge in [-0.1, -0.05) is 48.9 Å². The highest BCUT2D eigenvalue weighted by atomic mass is 35.5. The predicted octanol–water partition coefficient (Wildman–Crippen LogP) is 4.76. The molecule has 0 heterocycles. The summed E-state index contributed by atoms with van der Waals surface area (Å²) in [5.41, 5.74) is 0.897. The van der Waals surface area contributed by atoms with Crippen molar-refractivity contribution in [1.82, 2.24) is 10.2 Å². The van der Waals surface area contributed by atoms with E-state index in [4.69, 9.17) is 11.6 Å². The summed E-state index contributed by atoms with van der Waals surface area (Å²) in [6.45, 7) is 6.08. The lowest BCUT2D eigenvalue weighted by atomic mass is 10.1. The Kier molecular flexibility index (Phi) is 8.87. The van der Waals surface area contributed by atoms with E-state index < -0.39 is 6.04 Å². The van der Waals surface area contributed by atoms with Crippen molar-refractivity contribution in [1.29, 1.82) is 0 Å². The van der Waals surface area contributed by atoms with Gasteiger partial charge in [0.1, 0.15) is 6.04 Å². The second kappa shape index (κ2) is 11.1. The molecule has 0 radical (unpaired) electrons. The van der Waals surface area contributed by atoms with E-state index in [1.807, 2.05) is 62.4 Å². The molecule has 2 aromatic rings. The molecule has 0 aromatic heterocycles. The van der Waals surface area contributed by atoms with Crippen LogP contribution in [0.4, 0.5) is 0 Å². The summed E-state index contributed by atoms with van der Waals surface area (Å²) in [5.74, 6) is 0.0426. The molecule has 2 aromatic carbocycles. The molecule has 28 heavy (non-hydrogen) atoms. The Morgan fingerprint density at radius 1 is 1.11 bits per heavy atom. The number of amides is 2. The second-order valence-electron chi connectivity index (χ2n) is 6.75. The number of rotatable bonds is 9. The van der Waals surface area contributed by atoms with Crippen LogP contribution in [-0.4, -0.2) is 34.6 Å². The van der Waals surface area contributed by atoms with Crippen molar-refractivity contribution in [3.63, 3.8) is 0 Å². The average Bonchev–Trinajstić information content (AvgIpc) is 2.70. The number of halogens is 1. The minimum atomic E-state index is -0.572. The van der Waals surface area contributed by atoms with E-state index >= 15 is 0 Å². The lowest BCUT2D eigenvalue weighted by molar-refractivity contribution is -0.138. The molecule has 6 heteroatoms. The van der Waals surface area contributed by atoms with Gasteiger partial charge >= 0.3 is 0 Å². The van der Waals surface area contributed by atoms with E-state index in [-0.39, 0.29) is 23.6 Å². The third-order valence-corrected chi connectivity index (χ3v) is 5.75. The molecule has 0 saturated carbocycles. The Labute approximate surface area is 176 Å². The van der Waals surface area contributed by atoms with Crippen LogP contribution in [0.15, 0.2) is 59.5 Å². The summed E-state index contributed by atoms with van der Waals surface area (Å²) in [4.78, 5) is 28.3. The Hall–Kier alpha value is -1.98. The first-order chi connectivity index (χ1) is 13.4. The van der Waals surface area contributed by atoms with Crippen molar-refractivity contribution in [2.24, 2.45) is 0 Å². The van der Waals surface area contributed by atoms with E-state index in [0.717, 1.165) is 16.9 Å². The maximum Gasteiger partial charge on any atom is 0.242 e. The summed E-state index contributed by atoms with van der Waals surface area (Å²) in [5, 5.41) is 3.58. The lowest BCUT2D eigenvalue weighted by Crippen LogP contribution is -2.50. The first-order valence-corrected chi connectivity index (χ1v) is 10.8. The van der Waals surface area contributed by atoms with Gasteiger partial charge in [0.2, 0.25) is 11.8 Å². The number of nitrogens with one attached hydrogen (secondary N) is 1. The van der Waals surface area contributed by atoms with Crippen LogP contribution in [0.5, 0.6) is 0 Å². The van der Waals surface area contributed by atoms with Crippen LogP contribution in [-0.2, 0) is 16.1 Å². The van der Waals surface area contributed by atoms with Crippen LogP contribution in [0.25, 0.3) is 0 Å². The summed E-state index contributed by atoms with van der Waals surface area (Å²) in [6.07, 6.45) is 0.838. The molecule has 2 rings (SSSR count). The SMILES string of the molecule is CC[C@@H](C)NC(=O)[C@@H](C)N(Cc1cccc(Cl)c1)C(=O)CSc1ccccc1. The van der Waals surface area contributed by atoms with Crippen LogP contribution in [0.1, 0.15) is 32.8 Å². The quantitative estimate of drug-likeness (QED) is 0.597. The van der Waals surface area contributed by atoms with E-state index in [1.54, 1.807) is 17.9 Å². The monoisotopic (exact) mass is 418 g/mol. The highest BCUT2D eigenvalue weighted by molar-refractivity contribution is 8.00. The molecule has 0 spiro atoms. The van der Waals surface area contributed by atoms with Gasteiger partial charge in [0, 0.05) is 22.5 Å². The number of hydrogen-bond acceptors (Lipinski definition) is 3. The highest BCUT2D eigenvalue weighted by Gasteiger charge is 2.26. The molecule has 0 saturated heterocycles. The topological polar surface area (TPSA) is 49.4 Å². The van der Waals surface area contributed by atoms with E-state index in [1.165, 1.54) is 11.8 Å². The second-order valence-corrected chi connectivity index (χ2v) is 8.23. The third kappa shape index (κ3) is 6.88. The Balaban J connectivity index is 2.14. The zero-order valence-electron chi connectivity index (χ0n) is 16.5. The molecule has 0 bridgehead atoms. The van der Waals surface area contributed by atoms with Gasteiger partial charge in [0.05, 0.1) is 5.75 Å². The van der Waals surface area contributed by atoms with Crippen LogP contribution >= 0.6 is 23.4 Å². The van der Waals surface area contributed by atoms with E-state index in [9.17, 15) is 9.59 Å². The van der Waals surface area contributed by atoms with Crippen molar-refractivity contribution in [2.45, 2.75) is 50.7 Å². The van der Waals surface area contributed by atoms with E-state index in [2.05, 4.69) is 5.32 Å². The Bertz CT molecular complexity index is 785. The maximum atomic E-state index is 13.0. The van der Waals surface area contributed by atoms with Gasteiger partial charge in [0.15, 0.2) is 0 Å². The van der Waals surface area contributed by atoms with Gasteiger partial charge in [-0.05, 0) is 50.1 Å². The Morgan fingerprint density at radius 2 is 1.82 bits per heavy atom. The number of benzene rings is 2. The molecule has 4 nitrogen and oxygen atoms in total. The van der Waals surface area contributed by atoms with Crippen molar-refractivity contribution in [2.75, 3.05) is 5.75 Å². The predicted molar refractivity (Wildman–Crippen MR) is 117 cm³/mol. The molecular formula is C22H27ClN2O2S. The number of carbonyl (C=O) groups excluding carboxylic acids is 2. The van der Waals surface area contributed by atoms with E-state index in [0.29, 0.717) is 11.6 Å². The van der Waals surface area contributed by atoms with Crippen molar-refractivity contribution in [3.8, 4) is 0 Å². The minimum absolute atomic E-state index is 0.0664. The molecule has 150 valence electrons. The fraction of sp³-hybridized carbons (Fsp3) is 0.364. The zero-order chi connectivity index (χ0) is 20.5. The molecule has 0 aliphatic rings. The largest absolute Gasteiger partial charge is 0.352 e. The van der Waals surface area contributed by atoms with Gasteiger partial charge in [-0.15, -0.1) is 11.8 Å². The Morgan fingerprint density at radius 3 is 2.46 bits per heavy atom. The summed E-state index contributed by atoms with van der Waals surface area (Å²) >= 11 is 7.56. The fourth-order valence-electron chi connectivity index (χ4n) is 2.62. The van der Waals surface area contributed by atoms with Crippen LogP contribution < -0.4 is 5.32 Å². The van der Waals surface area contributed by atoms with Gasteiger partial charge in [0.25, 0.3) is 0 Å². The molecule has 0 fully saturated rings. The molecular weight excluding hydrogens is 392 g/mol. The summed E-state index contributed by atoms with van der Waals surface area (Å²) < 4.78 is 0. The average molecular weight is 419 g/mol. The molecule has 0 aliphatic heterocycles. The highest BCUT2D eigenvalue weighted by Crippen LogP contribution is 2.20. The molecule has 0 aliphatic carbocycles. The van der Waals surface area contributed by atoms with Crippen molar-refractivity contribution in [3.05, 3.63) is 65.2 Å². The van der Waals surface area contributed by atoms with Gasteiger partial charge in [-0.25, -0.2) is 0 Å². The smallest absolute Gasteiger partial charge is 0.242 e. The maximum absolute atomic E-state index is 13.0. The normalized spacial score (nSPS) is 12.9. The first kappa shape index (κ1) is 22.3. The van der Waals surface area contributed by atoms with Crippen LogP contribution in [0, 0.1) is 0 Å². The van der Waals surface area contributed by atoms with Crippen LogP contribution in [0.2, 0.25) is 5.02 Å². The number of nitrogens with zero attached hydrogens (tertiary/aromatic N) is 1. The van der Waals surface area contributed by atoms with Crippen molar-refractivity contribution < 1.29 is 9.59 Å². The molecule has 0 unspecified atom stereocenters.